The van der Waals surface area contributed by atoms with Crippen molar-refractivity contribution in [2.45, 2.75) is 26.3 Å². The smallest absolute Gasteiger partial charge is 0.122 e. The van der Waals surface area contributed by atoms with Crippen molar-refractivity contribution in [3.05, 3.63) is 50.1 Å². The molecule has 0 saturated heterocycles. The van der Waals surface area contributed by atoms with E-state index in [9.17, 15) is 0 Å². The largest absolute Gasteiger partial charge is 0.496 e. The second-order valence-electron chi connectivity index (χ2n) is 4.81. The quantitative estimate of drug-likeness (QED) is 0.810. The number of methoxy groups -OCH3 is 1. The van der Waals surface area contributed by atoms with Crippen LogP contribution in [-0.2, 0) is 6.42 Å². The van der Waals surface area contributed by atoms with E-state index in [0.717, 1.165) is 18.7 Å². The third kappa shape index (κ3) is 3.84. The Kier molecular flexibility index (Phi) is 5.64. The number of hydrogen-bond acceptors (Lipinski definition) is 3. The van der Waals surface area contributed by atoms with Crippen LogP contribution in [0.15, 0.2) is 33.4 Å². The summed E-state index contributed by atoms with van der Waals surface area (Å²) in [6, 6.07) is 8.87. The van der Waals surface area contributed by atoms with Crippen LogP contribution in [0.25, 0.3) is 0 Å². The van der Waals surface area contributed by atoms with E-state index in [1.54, 1.807) is 18.4 Å². The van der Waals surface area contributed by atoms with Gasteiger partial charge in [0.1, 0.15) is 5.75 Å². The fourth-order valence-corrected chi connectivity index (χ4v) is 3.58. The standard InChI is InChI=1S/C16H20BrNOS/c1-4-18-14(13-9-16(17)20-10-13)8-12-7-11(2)5-6-15(12)19-3/h5-7,9-10,14,18H,4,8H2,1-3H3. The zero-order valence-electron chi connectivity index (χ0n) is 12.1. The molecule has 0 aliphatic heterocycles. The predicted octanol–water partition coefficient (Wildman–Crippen LogP) is 4.72. The zero-order chi connectivity index (χ0) is 14.5. The molecule has 1 aromatic heterocycles. The molecule has 0 spiro atoms. The van der Waals surface area contributed by atoms with Crippen LogP contribution in [0.5, 0.6) is 5.75 Å². The molecule has 1 heterocycles. The molecule has 0 amide bonds. The van der Waals surface area contributed by atoms with Crippen LogP contribution in [0.2, 0.25) is 0 Å². The van der Waals surface area contributed by atoms with Crippen molar-refractivity contribution in [1.82, 2.24) is 5.32 Å². The molecule has 1 N–H and O–H groups in total. The molecule has 1 atom stereocenters. The van der Waals surface area contributed by atoms with Gasteiger partial charge in [0.15, 0.2) is 0 Å². The molecule has 20 heavy (non-hydrogen) atoms. The Labute approximate surface area is 133 Å². The first-order valence-electron chi connectivity index (χ1n) is 6.75. The predicted molar refractivity (Wildman–Crippen MR) is 89.9 cm³/mol. The number of rotatable bonds is 6. The molecule has 0 radical (unpaired) electrons. The monoisotopic (exact) mass is 353 g/mol. The highest BCUT2D eigenvalue weighted by Crippen LogP contribution is 2.30. The van der Waals surface area contributed by atoms with Crippen LogP contribution in [0.1, 0.15) is 29.7 Å². The number of benzene rings is 1. The molecule has 1 aromatic carbocycles. The molecule has 2 nitrogen and oxygen atoms in total. The summed E-state index contributed by atoms with van der Waals surface area (Å²) in [4.78, 5) is 0. The highest BCUT2D eigenvalue weighted by molar-refractivity contribution is 9.11. The molecule has 0 fully saturated rings. The van der Waals surface area contributed by atoms with Gasteiger partial charge in [-0.05, 0) is 64.5 Å². The molecule has 0 aliphatic carbocycles. The summed E-state index contributed by atoms with van der Waals surface area (Å²) in [7, 11) is 1.73. The number of aryl methyl sites for hydroxylation is 1. The maximum absolute atomic E-state index is 5.49. The van der Waals surface area contributed by atoms with E-state index < -0.39 is 0 Å². The zero-order valence-corrected chi connectivity index (χ0v) is 14.5. The molecule has 2 rings (SSSR count). The number of likely N-dealkylation sites (N-methyl/N-ethyl adjacent to an activating group) is 1. The lowest BCUT2D eigenvalue weighted by Gasteiger charge is -2.19. The Hall–Kier alpha value is -0.840. The third-order valence-electron chi connectivity index (χ3n) is 3.30. The molecule has 0 saturated carbocycles. The van der Waals surface area contributed by atoms with Crippen molar-refractivity contribution in [2.24, 2.45) is 0 Å². The Morgan fingerprint density at radius 3 is 2.75 bits per heavy atom. The van der Waals surface area contributed by atoms with Gasteiger partial charge in [-0.1, -0.05) is 24.6 Å². The van der Waals surface area contributed by atoms with Gasteiger partial charge >= 0.3 is 0 Å². The number of thiophene rings is 1. The van der Waals surface area contributed by atoms with Crippen LogP contribution in [0.3, 0.4) is 0 Å². The maximum Gasteiger partial charge on any atom is 0.122 e. The van der Waals surface area contributed by atoms with Gasteiger partial charge in [-0.15, -0.1) is 11.3 Å². The summed E-state index contributed by atoms with van der Waals surface area (Å²) in [5, 5.41) is 5.77. The minimum absolute atomic E-state index is 0.318. The van der Waals surface area contributed by atoms with Crippen LogP contribution in [0, 0.1) is 6.92 Å². The lowest BCUT2D eigenvalue weighted by atomic mass is 9.99. The molecule has 0 bridgehead atoms. The van der Waals surface area contributed by atoms with Crippen molar-refractivity contribution < 1.29 is 4.74 Å². The first-order valence-corrected chi connectivity index (χ1v) is 8.42. The molecule has 2 aromatic rings. The van der Waals surface area contributed by atoms with Crippen molar-refractivity contribution in [3.63, 3.8) is 0 Å². The molecule has 4 heteroatoms. The van der Waals surface area contributed by atoms with Gasteiger partial charge in [0, 0.05) is 6.04 Å². The maximum atomic E-state index is 5.49. The van der Waals surface area contributed by atoms with Gasteiger partial charge in [0.05, 0.1) is 10.9 Å². The van der Waals surface area contributed by atoms with Crippen LogP contribution < -0.4 is 10.1 Å². The van der Waals surface area contributed by atoms with E-state index in [1.807, 2.05) is 0 Å². The first kappa shape index (κ1) is 15.5. The summed E-state index contributed by atoms with van der Waals surface area (Å²) >= 11 is 5.27. The van der Waals surface area contributed by atoms with E-state index in [4.69, 9.17) is 4.74 Å². The van der Waals surface area contributed by atoms with E-state index in [0.29, 0.717) is 6.04 Å². The van der Waals surface area contributed by atoms with Crippen LogP contribution in [0.4, 0.5) is 0 Å². The Morgan fingerprint density at radius 2 is 2.15 bits per heavy atom. The summed E-state index contributed by atoms with van der Waals surface area (Å²) < 4.78 is 6.66. The number of nitrogens with one attached hydrogen (secondary N) is 1. The third-order valence-corrected chi connectivity index (χ3v) is 4.82. The van der Waals surface area contributed by atoms with E-state index >= 15 is 0 Å². The first-order chi connectivity index (χ1) is 9.63. The number of ether oxygens (including phenoxy) is 1. The lowest BCUT2D eigenvalue weighted by Crippen LogP contribution is -2.22. The van der Waals surface area contributed by atoms with Gasteiger partial charge in [-0.25, -0.2) is 0 Å². The van der Waals surface area contributed by atoms with Gasteiger partial charge in [0.2, 0.25) is 0 Å². The Bertz CT molecular complexity index is 567. The SMILES string of the molecule is CCNC(Cc1cc(C)ccc1OC)c1csc(Br)c1. The Morgan fingerprint density at radius 1 is 1.35 bits per heavy atom. The normalized spacial score (nSPS) is 12.4. The molecule has 1 unspecified atom stereocenters. The second-order valence-corrected chi connectivity index (χ2v) is 7.10. The van der Waals surface area contributed by atoms with Crippen molar-refractivity contribution in [1.29, 1.82) is 0 Å². The fraction of sp³-hybridized carbons (Fsp3) is 0.375. The topological polar surface area (TPSA) is 21.3 Å². The van der Waals surface area contributed by atoms with Gasteiger partial charge in [-0.3, -0.25) is 0 Å². The Balaban J connectivity index is 2.26. The minimum atomic E-state index is 0.318. The van der Waals surface area contributed by atoms with Crippen LogP contribution >= 0.6 is 27.3 Å². The second kappa shape index (κ2) is 7.25. The van der Waals surface area contributed by atoms with Gasteiger partial charge in [0.25, 0.3) is 0 Å². The minimum Gasteiger partial charge on any atom is -0.496 e. The van der Waals surface area contributed by atoms with E-state index in [2.05, 4.69) is 64.7 Å². The summed E-state index contributed by atoms with van der Waals surface area (Å²) in [6.07, 6.45) is 0.932. The number of hydrogen-bond donors (Lipinski definition) is 1. The summed E-state index contributed by atoms with van der Waals surface area (Å²) in [6.45, 7) is 5.21. The molecule has 0 aliphatic rings. The summed E-state index contributed by atoms with van der Waals surface area (Å²) in [5.41, 5.74) is 3.84. The van der Waals surface area contributed by atoms with Crippen molar-refractivity contribution in [2.75, 3.05) is 13.7 Å². The molecule has 108 valence electrons. The van der Waals surface area contributed by atoms with E-state index in [1.165, 1.54) is 20.5 Å². The van der Waals surface area contributed by atoms with Crippen LogP contribution in [-0.4, -0.2) is 13.7 Å². The van der Waals surface area contributed by atoms with E-state index in [-0.39, 0.29) is 0 Å². The molecular weight excluding hydrogens is 334 g/mol. The molecular formula is C16H20BrNOS. The van der Waals surface area contributed by atoms with Gasteiger partial charge in [-0.2, -0.15) is 0 Å². The number of halogens is 1. The van der Waals surface area contributed by atoms with Crippen molar-refractivity contribution in [3.8, 4) is 5.75 Å². The lowest BCUT2D eigenvalue weighted by molar-refractivity contribution is 0.405. The fourth-order valence-electron chi connectivity index (χ4n) is 2.35. The van der Waals surface area contributed by atoms with Crippen molar-refractivity contribution >= 4 is 27.3 Å². The average Bonchev–Trinajstić information content (AvgIpc) is 2.85. The summed E-state index contributed by atoms with van der Waals surface area (Å²) in [5.74, 6) is 0.966. The highest BCUT2D eigenvalue weighted by Gasteiger charge is 2.15. The highest BCUT2D eigenvalue weighted by atomic mass is 79.9. The van der Waals surface area contributed by atoms with Gasteiger partial charge < -0.3 is 10.1 Å². The average molecular weight is 354 g/mol.